The molecule has 0 spiro atoms. The molecule has 3 aromatic rings. The molecule has 0 unspecified atom stereocenters. The lowest BCUT2D eigenvalue weighted by Crippen LogP contribution is -2.09. The normalized spacial score (nSPS) is 10.9. The molecule has 0 aliphatic carbocycles. The van der Waals surface area contributed by atoms with E-state index in [2.05, 4.69) is 16.9 Å². The Morgan fingerprint density at radius 3 is 2.83 bits per heavy atom. The van der Waals surface area contributed by atoms with Crippen LogP contribution in [0.25, 0.3) is 22.3 Å². The van der Waals surface area contributed by atoms with Gasteiger partial charge in [0.15, 0.2) is 0 Å². The summed E-state index contributed by atoms with van der Waals surface area (Å²) in [5, 5.41) is 0.508. The summed E-state index contributed by atoms with van der Waals surface area (Å²) in [7, 11) is 0. The van der Waals surface area contributed by atoms with E-state index in [0.717, 1.165) is 19.3 Å². The number of H-pyrrole nitrogens is 1. The van der Waals surface area contributed by atoms with E-state index in [0.29, 0.717) is 34.6 Å². The highest BCUT2D eigenvalue weighted by Gasteiger charge is 2.09. The first-order chi connectivity index (χ1) is 11.7. The van der Waals surface area contributed by atoms with Crippen LogP contribution in [-0.2, 0) is 0 Å². The lowest BCUT2D eigenvalue weighted by molar-refractivity contribution is 0.305. The van der Waals surface area contributed by atoms with Crippen molar-refractivity contribution in [2.75, 3.05) is 6.61 Å². The Morgan fingerprint density at radius 1 is 1.17 bits per heavy atom. The summed E-state index contributed by atoms with van der Waals surface area (Å²) in [5.41, 5.74) is 0.819. The highest BCUT2D eigenvalue weighted by molar-refractivity contribution is 5.79. The fourth-order valence-electron chi connectivity index (χ4n) is 2.55. The van der Waals surface area contributed by atoms with Gasteiger partial charge in [-0.1, -0.05) is 31.9 Å². The molecular formula is C19H19FN2O2. The van der Waals surface area contributed by atoms with E-state index >= 15 is 0 Å². The third-order valence-corrected chi connectivity index (χ3v) is 3.77. The van der Waals surface area contributed by atoms with Crippen molar-refractivity contribution >= 4 is 10.9 Å². The average molecular weight is 326 g/mol. The number of unbranched alkanes of at least 4 members (excludes halogenated alkanes) is 2. The molecule has 0 aliphatic rings. The van der Waals surface area contributed by atoms with Crippen molar-refractivity contribution in [1.82, 2.24) is 9.97 Å². The van der Waals surface area contributed by atoms with Gasteiger partial charge < -0.3 is 9.72 Å². The monoisotopic (exact) mass is 326 g/mol. The van der Waals surface area contributed by atoms with Gasteiger partial charge in [-0.3, -0.25) is 4.79 Å². The summed E-state index contributed by atoms with van der Waals surface area (Å²) >= 11 is 0. The van der Waals surface area contributed by atoms with E-state index in [1.54, 1.807) is 24.3 Å². The number of rotatable bonds is 6. The van der Waals surface area contributed by atoms with Gasteiger partial charge in [0.2, 0.25) is 0 Å². The minimum atomic E-state index is -0.422. The molecule has 0 fully saturated rings. The molecule has 1 N–H and O–H groups in total. The summed E-state index contributed by atoms with van der Waals surface area (Å²) in [6.07, 6.45) is 3.09. The quantitative estimate of drug-likeness (QED) is 0.687. The van der Waals surface area contributed by atoms with Crippen LogP contribution < -0.4 is 10.3 Å². The van der Waals surface area contributed by atoms with Crippen LogP contribution in [0.3, 0.4) is 0 Å². The molecule has 0 atom stereocenters. The highest BCUT2D eigenvalue weighted by Crippen LogP contribution is 2.24. The van der Waals surface area contributed by atoms with Crippen LogP contribution in [0.1, 0.15) is 26.2 Å². The van der Waals surface area contributed by atoms with Crippen LogP contribution in [-0.4, -0.2) is 16.6 Å². The zero-order chi connectivity index (χ0) is 16.9. The third-order valence-electron chi connectivity index (χ3n) is 3.77. The second-order valence-corrected chi connectivity index (χ2v) is 5.66. The number of hydrogen-bond donors (Lipinski definition) is 1. The van der Waals surface area contributed by atoms with Crippen molar-refractivity contribution in [1.29, 1.82) is 0 Å². The predicted octanol–water partition coefficient (Wildman–Crippen LogP) is 4.30. The lowest BCUT2D eigenvalue weighted by Gasteiger charge is -2.09. The Labute approximate surface area is 139 Å². The van der Waals surface area contributed by atoms with Crippen molar-refractivity contribution in [3.8, 4) is 17.1 Å². The fraction of sp³-hybridized carbons (Fsp3) is 0.263. The Morgan fingerprint density at radius 2 is 2.00 bits per heavy atom. The Bertz CT molecular complexity index is 905. The lowest BCUT2D eigenvalue weighted by atomic mass is 10.1. The van der Waals surface area contributed by atoms with Gasteiger partial charge in [-0.2, -0.15) is 0 Å². The predicted molar refractivity (Wildman–Crippen MR) is 92.8 cm³/mol. The topological polar surface area (TPSA) is 55.0 Å². The number of benzene rings is 2. The summed E-state index contributed by atoms with van der Waals surface area (Å²) in [5.74, 6) is 0.349. The van der Waals surface area contributed by atoms with Gasteiger partial charge in [0.1, 0.15) is 17.4 Å². The number of ether oxygens (including phenoxy) is 1. The van der Waals surface area contributed by atoms with Crippen LogP contribution in [0.4, 0.5) is 4.39 Å². The Balaban J connectivity index is 1.94. The van der Waals surface area contributed by atoms with Crippen molar-refractivity contribution < 1.29 is 9.13 Å². The summed E-state index contributed by atoms with van der Waals surface area (Å²) in [6.45, 7) is 2.65. The van der Waals surface area contributed by atoms with E-state index in [1.807, 2.05) is 6.07 Å². The summed E-state index contributed by atoms with van der Waals surface area (Å²) in [4.78, 5) is 19.3. The summed E-state index contributed by atoms with van der Waals surface area (Å²) < 4.78 is 19.5. The van der Waals surface area contributed by atoms with Crippen molar-refractivity contribution in [3.05, 3.63) is 58.6 Å². The number of hydrogen-bond acceptors (Lipinski definition) is 3. The largest absolute Gasteiger partial charge is 0.493 e. The van der Waals surface area contributed by atoms with E-state index < -0.39 is 5.82 Å². The van der Waals surface area contributed by atoms with Crippen LogP contribution in [0.5, 0.6) is 5.75 Å². The molecule has 0 saturated carbocycles. The van der Waals surface area contributed by atoms with Crippen molar-refractivity contribution in [2.24, 2.45) is 0 Å². The Hall–Kier alpha value is -2.69. The van der Waals surface area contributed by atoms with Gasteiger partial charge in [0.25, 0.3) is 5.56 Å². The maximum absolute atomic E-state index is 13.9. The van der Waals surface area contributed by atoms with Gasteiger partial charge in [-0.05, 0) is 30.7 Å². The molecule has 5 heteroatoms. The maximum atomic E-state index is 13.9. The average Bonchev–Trinajstić information content (AvgIpc) is 2.58. The maximum Gasteiger partial charge on any atom is 0.259 e. The van der Waals surface area contributed by atoms with Gasteiger partial charge in [0.05, 0.1) is 17.5 Å². The second kappa shape index (κ2) is 7.25. The molecule has 1 aromatic heterocycles. The van der Waals surface area contributed by atoms with Gasteiger partial charge in [-0.15, -0.1) is 0 Å². The number of halogens is 1. The number of nitrogens with one attached hydrogen (secondary N) is 1. The number of fused-ring (bicyclic) bond motifs is 1. The molecule has 0 amide bonds. The molecular weight excluding hydrogens is 307 g/mol. The molecule has 124 valence electrons. The van der Waals surface area contributed by atoms with Crippen LogP contribution >= 0.6 is 0 Å². The Kier molecular flexibility index (Phi) is 4.89. The molecule has 0 aliphatic heterocycles. The first-order valence-corrected chi connectivity index (χ1v) is 8.10. The standard InChI is InChI=1S/C19H19FN2O2/c1-2-3-6-9-24-15-11-13(10-14(20)12-15)18-21-17-8-5-4-7-16(17)19(23)22-18/h4-5,7-8,10-12H,2-3,6,9H2,1H3,(H,21,22,23). The number of nitrogens with zero attached hydrogens (tertiary/aromatic N) is 1. The molecule has 2 aromatic carbocycles. The number of aromatic nitrogens is 2. The molecule has 1 heterocycles. The number of para-hydroxylation sites is 1. The van der Waals surface area contributed by atoms with Crippen molar-refractivity contribution in [2.45, 2.75) is 26.2 Å². The van der Waals surface area contributed by atoms with Crippen LogP contribution in [0.2, 0.25) is 0 Å². The molecule has 3 rings (SSSR count). The van der Waals surface area contributed by atoms with Gasteiger partial charge in [-0.25, -0.2) is 9.37 Å². The molecule has 24 heavy (non-hydrogen) atoms. The minimum Gasteiger partial charge on any atom is -0.493 e. The second-order valence-electron chi connectivity index (χ2n) is 5.66. The van der Waals surface area contributed by atoms with Crippen LogP contribution in [0, 0.1) is 5.82 Å². The third kappa shape index (κ3) is 3.62. The highest BCUT2D eigenvalue weighted by atomic mass is 19.1. The van der Waals surface area contributed by atoms with E-state index in [-0.39, 0.29) is 5.56 Å². The first-order valence-electron chi connectivity index (χ1n) is 8.10. The number of aromatic amines is 1. The fourth-order valence-corrected chi connectivity index (χ4v) is 2.55. The molecule has 0 saturated heterocycles. The van der Waals surface area contributed by atoms with Gasteiger partial charge in [0, 0.05) is 11.6 Å². The smallest absolute Gasteiger partial charge is 0.259 e. The SMILES string of the molecule is CCCCCOc1cc(F)cc(-c2nc3ccccc3c(=O)[nH]2)c1. The molecule has 0 bridgehead atoms. The van der Waals surface area contributed by atoms with Crippen LogP contribution in [0.15, 0.2) is 47.3 Å². The van der Waals surface area contributed by atoms with E-state index in [4.69, 9.17) is 4.74 Å². The molecule has 4 nitrogen and oxygen atoms in total. The first kappa shape index (κ1) is 16.2. The molecule has 0 radical (unpaired) electrons. The zero-order valence-electron chi connectivity index (χ0n) is 13.5. The minimum absolute atomic E-state index is 0.245. The van der Waals surface area contributed by atoms with Crippen molar-refractivity contribution in [3.63, 3.8) is 0 Å². The zero-order valence-corrected chi connectivity index (χ0v) is 13.5. The van der Waals surface area contributed by atoms with E-state index in [1.165, 1.54) is 12.1 Å². The van der Waals surface area contributed by atoms with Gasteiger partial charge >= 0.3 is 0 Å². The van der Waals surface area contributed by atoms with E-state index in [9.17, 15) is 9.18 Å². The summed E-state index contributed by atoms with van der Waals surface area (Å²) in [6, 6.07) is 11.4.